The number of methoxy groups -OCH3 is 3. The maximum absolute atomic E-state index is 12.7. The summed E-state index contributed by atoms with van der Waals surface area (Å²) in [6, 6.07) is 21.6. The fourth-order valence-electron chi connectivity index (χ4n) is 3.39. The maximum atomic E-state index is 12.7. The molecule has 0 unspecified atom stereocenters. The predicted molar refractivity (Wildman–Crippen MR) is 133 cm³/mol. The van der Waals surface area contributed by atoms with Gasteiger partial charge in [-0.2, -0.15) is 10.5 Å². The molecule has 0 saturated carbocycles. The number of carbonyl (C=O) groups is 1. The molecule has 8 nitrogen and oxygen atoms in total. The second-order valence-electron chi connectivity index (χ2n) is 7.50. The molecular formula is C28H25N3O5. The molecule has 0 aliphatic heterocycles. The van der Waals surface area contributed by atoms with Crippen molar-refractivity contribution in [3.05, 3.63) is 88.5 Å². The molecule has 36 heavy (non-hydrogen) atoms. The van der Waals surface area contributed by atoms with Crippen molar-refractivity contribution in [3.63, 3.8) is 0 Å². The van der Waals surface area contributed by atoms with E-state index < -0.39 is 5.91 Å². The van der Waals surface area contributed by atoms with Crippen LogP contribution >= 0.6 is 0 Å². The zero-order valence-electron chi connectivity index (χ0n) is 20.2. The first-order valence-corrected chi connectivity index (χ1v) is 10.9. The van der Waals surface area contributed by atoms with Gasteiger partial charge in [0, 0.05) is 23.7 Å². The fraction of sp³-hybridized carbons (Fsp3) is 0.179. The van der Waals surface area contributed by atoms with Crippen LogP contribution in [-0.2, 0) is 17.9 Å². The molecule has 3 rings (SSSR count). The van der Waals surface area contributed by atoms with Crippen LogP contribution in [0.3, 0.4) is 0 Å². The minimum absolute atomic E-state index is 0.0684. The van der Waals surface area contributed by atoms with Crippen LogP contribution in [0.2, 0.25) is 0 Å². The molecule has 0 bridgehead atoms. The van der Waals surface area contributed by atoms with E-state index in [9.17, 15) is 15.3 Å². The summed E-state index contributed by atoms with van der Waals surface area (Å²) in [5.74, 6) is 1.57. The van der Waals surface area contributed by atoms with E-state index in [1.54, 1.807) is 55.6 Å². The molecule has 0 aliphatic rings. The Morgan fingerprint density at radius 2 is 1.67 bits per heavy atom. The fourth-order valence-corrected chi connectivity index (χ4v) is 3.39. The summed E-state index contributed by atoms with van der Waals surface area (Å²) < 4.78 is 21.8. The normalized spacial score (nSPS) is 10.5. The Morgan fingerprint density at radius 3 is 2.36 bits per heavy atom. The summed E-state index contributed by atoms with van der Waals surface area (Å²) in [5.41, 5.74) is 2.55. The Labute approximate surface area is 209 Å². The minimum atomic E-state index is -0.525. The minimum Gasteiger partial charge on any atom is -0.497 e. The highest BCUT2D eigenvalue weighted by Gasteiger charge is 2.13. The van der Waals surface area contributed by atoms with Gasteiger partial charge in [0.05, 0.1) is 33.0 Å². The molecule has 8 heteroatoms. The zero-order valence-corrected chi connectivity index (χ0v) is 20.2. The Morgan fingerprint density at radius 1 is 0.889 bits per heavy atom. The van der Waals surface area contributed by atoms with Crippen LogP contribution in [0.4, 0.5) is 0 Å². The van der Waals surface area contributed by atoms with Gasteiger partial charge >= 0.3 is 0 Å². The Kier molecular flexibility index (Phi) is 8.91. The van der Waals surface area contributed by atoms with Gasteiger partial charge in [0.15, 0.2) is 11.5 Å². The van der Waals surface area contributed by atoms with Crippen LogP contribution < -0.4 is 24.3 Å². The number of hydrogen-bond donors (Lipinski definition) is 1. The van der Waals surface area contributed by atoms with Crippen molar-refractivity contribution in [2.24, 2.45) is 0 Å². The predicted octanol–water partition coefficient (Wildman–Crippen LogP) is 4.39. The summed E-state index contributed by atoms with van der Waals surface area (Å²) >= 11 is 0. The number of nitrogens with one attached hydrogen (secondary N) is 1. The lowest BCUT2D eigenvalue weighted by atomic mass is 10.1. The van der Waals surface area contributed by atoms with E-state index in [4.69, 9.17) is 18.9 Å². The topological polar surface area (TPSA) is 114 Å². The summed E-state index contributed by atoms with van der Waals surface area (Å²) in [6.45, 7) is 0.362. The summed E-state index contributed by atoms with van der Waals surface area (Å²) in [6.07, 6.45) is 1.47. The number of nitriles is 2. The van der Waals surface area contributed by atoms with E-state index in [2.05, 4.69) is 11.4 Å². The van der Waals surface area contributed by atoms with Gasteiger partial charge < -0.3 is 24.3 Å². The lowest BCUT2D eigenvalue weighted by Gasteiger charge is -2.12. The quantitative estimate of drug-likeness (QED) is 0.336. The number of carbonyl (C=O) groups excluding carboxylic acids is 1. The Balaban J connectivity index is 1.72. The lowest BCUT2D eigenvalue weighted by Crippen LogP contribution is -2.24. The Hall–Kier alpha value is -4.95. The molecule has 1 N–H and O–H groups in total. The van der Waals surface area contributed by atoms with Gasteiger partial charge in [-0.3, -0.25) is 4.79 Å². The molecule has 1 amide bonds. The molecule has 0 spiro atoms. The van der Waals surface area contributed by atoms with Crippen LogP contribution in [0, 0.1) is 22.7 Å². The van der Waals surface area contributed by atoms with E-state index in [0.29, 0.717) is 34.1 Å². The van der Waals surface area contributed by atoms with Gasteiger partial charge in [-0.15, -0.1) is 0 Å². The molecule has 0 heterocycles. The first-order chi connectivity index (χ1) is 17.5. The molecular weight excluding hydrogens is 458 g/mol. The first kappa shape index (κ1) is 25.7. The summed E-state index contributed by atoms with van der Waals surface area (Å²) in [4.78, 5) is 12.7. The van der Waals surface area contributed by atoms with Gasteiger partial charge in [0.1, 0.15) is 29.7 Å². The van der Waals surface area contributed by atoms with E-state index >= 15 is 0 Å². The Bertz CT molecular complexity index is 1350. The van der Waals surface area contributed by atoms with Crippen molar-refractivity contribution in [2.45, 2.75) is 13.2 Å². The number of ether oxygens (including phenoxy) is 4. The van der Waals surface area contributed by atoms with Crippen LogP contribution in [0.1, 0.15) is 22.3 Å². The van der Waals surface area contributed by atoms with Crippen LogP contribution in [-0.4, -0.2) is 27.2 Å². The van der Waals surface area contributed by atoms with Crippen molar-refractivity contribution in [2.75, 3.05) is 21.3 Å². The maximum Gasteiger partial charge on any atom is 0.262 e. The van der Waals surface area contributed by atoms with E-state index in [1.165, 1.54) is 20.3 Å². The smallest absolute Gasteiger partial charge is 0.262 e. The van der Waals surface area contributed by atoms with Crippen molar-refractivity contribution < 1.29 is 23.7 Å². The highest BCUT2D eigenvalue weighted by atomic mass is 16.5. The third-order valence-electron chi connectivity index (χ3n) is 5.32. The molecule has 0 saturated heterocycles. The number of nitrogens with zero attached hydrogens (tertiary/aromatic N) is 2. The number of benzene rings is 3. The average Bonchev–Trinajstić information content (AvgIpc) is 2.93. The average molecular weight is 484 g/mol. The van der Waals surface area contributed by atoms with E-state index in [0.717, 1.165) is 11.1 Å². The molecule has 0 radical (unpaired) electrons. The standard InChI is InChI=1S/C28H25N3O5/c1-33-24-10-9-21(26(14-24)34-2)17-31-28(32)23(16-30)12-19-8-11-25(27(13-19)35-3)36-18-22-7-5-4-6-20(22)15-29/h4-14H,17-18H2,1-3H3,(H,31,32)/b23-12+. The van der Waals surface area contributed by atoms with E-state index in [1.807, 2.05) is 18.2 Å². The zero-order chi connectivity index (χ0) is 25.9. The molecule has 0 fully saturated rings. The third kappa shape index (κ3) is 6.34. The molecule has 3 aromatic rings. The van der Waals surface area contributed by atoms with Crippen molar-refractivity contribution in [1.29, 1.82) is 10.5 Å². The molecule has 0 aromatic heterocycles. The largest absolute Gasteiger partial charge is 0.497 e. The second kappa shape index (κ2) is 12.5. The van der Waals surface area contributed by atoms with Crippen LogP contribution in [0.5, 0.6) is 23.0 Å². The number of hydrogen-bond acceptors (Lipinski definition) is 7. The van der Waals surface area contributed by atoms with Crippen molar-refractivity contribution in [3.8, 4) is 35.1 Å². The van der Waals surface area contributed by atoms with Gasteiger partial charge in [0.2, 0.25) is 0 Å². The number of rotatable bonds is 10. The highest BCUT2D eigenvalue weighted by molar-refractivity contribution is 6.01. The second-order valence-corrected chi connectivity index (χ2v) is 7.50. The van der Waals surface area contributed by atoms with Gasteiger partial charge in [-0.1, -0.05) is 24.3 Å². The molecule has 3 aromatic carbocycles. The van der Waals surface area contributed by atoms with Crippen molar-refractivity contribution >= 4 is 12.0 Å². The van der Waals surface area contributed by atoms with E-state index in [-0.39, 0.29) is 18.7 Å². The van der Waals surface area contributed by atoms with Gasteiger partial charge in [-0.05, 0) is 42.0 Å². The third-order valence-corrected chi connectivity index (χ3v) is 5.32. The summed E-state index contributed by atoms with van der Waals surface area (Å²) in [5, 5.41) is 21.5. The van der Waals surface area contributed by atoms with Crippen molar-refractivity contribution in [1.82, 2.24) is 5.32 Å². The van der Waals surface area contributed by atoms with Crippen LogP contribution in [0.25, 0.3) is 6.08 Å². The summed E-state index contributed by atoms with van der Waals surface area (Å²) in [7, 11) is 4.59. The van der Waals surface area contributed by atoms with Gasteiger partial charge in [-0.25, -0.2) is 0 Å². The molecule has 0 aliphatic carbocycles. The highest BCUT2D eigenvalue weighted by Crippen LogP contribution is 2.30. The number of amides is 1. The van der Waals surface area contributed by atoms with Crippen LogP contribution in [0.15, 0.2) is 66.2 Å². The molecule has 0 atom stereocenters. The SMILES string of the molecule is COc1ccc(CNC(=O)/C(C#N)=C/c2ccc(OCc3ccccc3C#N)c(OC)c2)c(OC)c1. The molecule has 182 valence electrons. The monoisotopic (exact) mass is 483 g/mol. The van der Waals surface area contributed by atoms with Gasteiger partial charge in [0.25, 0.3) is 5.91 Å². The first-order valence-electron chi connectivity index (χ1n) is 10.9. The lowest BCUT2D eigenvalue weighted by molar-refractivity contribution is -0.117.